The number of carbonyl (C=O) groups excluding carboxylic acids is 1. The summed E-state index contributed by atoms with van der Waals surface area (Å²) in [6.45, 7) is 6.59. The summed E-state index contributed by atoms with van der Waals surface area (Å²) in [7, 11) is 0. The van der Waals surface area contributed by atoms with Crippen molar-refractivity contribution in [2.75, 3.05) is 31.1 Å². The van der Waals surface area contributed by atoms with E-state index in [-0.39, 0.29) is 5.91 Å². The fourth-order valence-corrected chi connectivity index (χ4v) is 4.14. The van der Waals surface area contributed by atoms with Gasteiger partial charge >= 0.3 is 0 Å². The quantitative estimate of drug-likeness (QED) is 0.500. The Morgan fingerprint density at radius 1 is 0.938 bits per heavy atom. The molecule has 0 spiro atoms. The van der Waals surface area contributed by atoms with Crippen LogP contribution in [0.2, 0.25) is 0 Å². The standard InChI is InChI=1S/C25H26N6O/c1-18-8-10-20(11-9-18)16-23-27-24(30-14-12-29(13-15-30)19(2)32)22-17-26-31(25(22)28-23)21-6-4-3-5-7-21/h3-11,17H,12-16H2,1-2H3. The molecule has 5 rings (SSSR count). The third-order valence-electron chi connectivity index (χ3n) is 5.96. The minimum Gasteiger partial charge on any atom is -0.352 e. The zero-order chi connectivity index (χ0) is 22.1. The van der Waals surface area contributed by atoms with Gasteiger partial charge in [-0.3, -0.25) is 4.79 Å². The highest BCUT2D eigenvalue weighted by Gasteiger charge is 2.24. The maximum Gasteiger partial charge on any atom is 0.219 e. The lowest BCUT2D eigenvalue weighted by molar-refractivity contribution is -0.129. The summed E-state index contributed by atoms with van der Waals surface area (Å²) < 4.78 is 1.88. The summed E-state index contributed by atoms with van der Waals surface area (Å²) in [5.41, 5.74) is 4.18. The van der Waals surface area contributed by atoms with Gasteiger partial charge in [-0.05, 0) is 24.6 Å². The van der Waals surface area contributed by atoms with Crippen molar-refractivity contribution >= 4 is 22.8 Å². The van der Waals surface area contributed by atoms with Gasteiger partial charge in [0.15, 0.2) is 5.65 Å². The van der Waals surface area contributed by atoms with E-state index in [9.17, 15) is 4.79 Å². The van der Waals surface area contributed by atoms with Crippen LogP contribution in [0.15, 0.2) is 60.8 Å². The Morgan fingerprint density at radius 2 is 1.66 bits per heavy atom. The second kappa shape index (κ2) is 8.42. The highest BCUT2D eigenvalue weighted by molar-refractivity contribution is 5.88. The van der Waals surface area contributed by atoms with Crippen molar-refractivity contribution in [2.24, 2.45) is 0 Å². The molecule has 2 aromatic heterocycles. The average molecular weight is 427 g/mol. The molecule has 0 unspecified atom stereocenters. The molecule has 0 saturated carbocycles. The first-order valence-electron chi connectivity index (χ1n) is 10.9. The largest absolute Gasteiger partial charge is 0.352 e. The van der Waals surface area contributed by atoms with Crippen molar-refractivity contribution in [1.29, 1.82) is 0 Å². The van der Waals surface area contributed by atoms with Crippen LogP contribution in [0.5, 0.6) is 0 Å². The molecule has 3 heterocycles. The second-order valence-corrected chi connectivity index (χ2v) is 8.25. The van der Waals surface area contributed by atoms with E-state index >= 15 is 0 Å². The minimum atomic E-state index is 0.120. The number of carbonyl (C=O) groups is 1. The maximum absolute atomic E-state index is 11.8. The van der Waals surface area contributed by atoms with Crippen LogP contribution in [0.25, 0.3) is 16.7 Å². The number of fused-ring (bicyclic) bond motifs is 1. The zero-order valence-corrected chi connectivity index (χ0v) is 18.4. The van der Waals surface area contributed by atoms with E-state index in [1.807, 2.05) is 46.1 Å². The molecule has 1 amide bonds. The number of nitrogens with zero attached hydrogens (tertiary/aromatic N) is 6. The van der Waals surface area contributed by atoms with Gasteiger partial charge in [-0.1, -0.05) is 48.0 Å². The van der Waals surface area contributed by atoms with Gasteiger partial charge in [0.05, 0.1) is 17.3 Å². The lowest BCUT2D eigenvalue weighted by Gasteiger charge is -2.35. The summed E-state index contributed by atoms with van der Waals surface area (Å²) in [4.78, 5) is 25.8. The zero-order valence-electron chi connectivity index (χ0n) is 18.4. The van der Waals surface area contributed by atoms with Crippen LogP contribution < -0.4 is 4.90 Å². The predicted molar refractivity (Wildman–Crippen MR) is 125 cm³/mol. The molecule has 7 heteroatoms. The molecule has 0 aliphatic carbocycles. The average Bonchev–Trinajstić information content (AvgIpc) is 3.25. The van der Waals surface area contributed by atoms with E-state index in [4.69, 9.17) is 9.97 Å². The molecule has 0 radical (unpaired) electrons. The molecule has 1 aliphatic rings. The van der Waals surface area contributed by atoms with Crippen molar-refractivity contribution in [3.05, 3.63) is 77.7 Å². The van der Waals surface area contributed by atoms with Gasteiger partial charge in [-0.15, -0.1) is 0 Å². The molecule has 1 saturated heterocycles. The number of amides is 1. The van der Waals surface area contributed by atoms with Crippen LogP contribution in [0.1, 0.15) is 23.9 Å². The fourth-order valence-electron chi connectivity index (χ4n) is 4.14. The topological polar surface area (TPSA) is 67.2 Å². The highest BCUT2D eigenvalue weighted by Crippen LogP contribution is 2.27. The van der Waals surface area contributed by atoms with Crippen molar-refractivity contribution in [1.82, 2.24) is 24.6 Å². The van der Waals surface area contributed by atoms with E-state index < -0.39 is 0 Å². The van der Waals surface area contributed by atoms with Crippen LogP contribution in [0.4, 0.5) is 5.82 Å². The van der Waals surface area contributed by atoms with Gasteiger partial charge < -0.3 is 9.80 Å². The Bertz CT molecular complexity index is 1240. The number of para-hydroxylation sites is 1. The number of rotatable bonds is 4. The first kappa shape index (κ1) is 20.2. The smallest absolute Gasteiger partial charge is 0.219 e. The first-order valence-corrected chi connectivity index (χ1v) is 10.9. The normalized spacial score (nSPS) is 14.2. The molecular formula is C25H26N6O. The van der Waals surface area contributed by atoms with E-state index in [2.05, 4.69) is 41.2 Å². The predicted octanol–water partition coefficient (Wildman–Crippen LogP) is 3.38. The first-order chi connectivity index (χ1) is 15.6. The van der Waals surface area contributed by atoms with Crippen LogP contribution >= 0.6 is 0 Å². The van der Waals surface area contributed by atoms with Crippen molar-refractivity contribution in [2.45, 2.75) is 20.3 Å². The molecule has 2 aromatic carbocycles. The van der Waals surface area contributed by atoms with Gasteiger partial charge in [0.2, 0.25) is 5.91 Å². The summed E-state index contributed by atoms with van der Waals surface area (Å²) in [6, 6.07) is 18.5. The van der Waals surface area contributed by atoms with Gasteiger partial charge in [0, 0.05) is 39.5 Å². The number of hydrogen-bond donors (Lipinski definition) is 0. The summed E-state index contributed by atoms with van der Waals surface area (Å²) in [6.07, 6.45) is 2.50. The summed E-state index contributed by atoms with van der Waals surface area (Å²) in [5.74, 6) is 1.78. The molecule has 0 atom stereocenters. The fraction of sp³-hybridized carbons (Fsp3) is 0.280. The van der Waals surface area contributed by atoms with Crippen LogP contribution in [0.3, 0.4) is 0 Å². The molecule has 162 valence electrons. The summed E-state index contributed by atoms with van der Waals surface area (Å²) >= 11 is 0. The Hall–Kier alpha value is -3.74. The second-order valence-electron chi connectivity index (χ2n) is 8.25. The molecule has 32 heavy (non-hydrogen) atoms. The number of aromatic nitrogens is 4. The third-order valence-corrected chi connectivity index (χ3v) is 5.96. The Labute approximate surface area is 187 Å². The molecular weight excluding hydrogens is 400 g/mol. The van der Waals surface area contributed by atoms with Crippen LogP contribution in [0, 0.1) is 6.92 Å². The molecule has 0 bridgehead atoms. The molecule has 0 N–H and O–H groups in total. The Balaban J connectivity index is 1.57. The number of anilines is 1. The van der Waals surface area contributed by atoms with Gasteiger partial charge in [0.25, 0.3) is 0 Å². The van der Waals surface area contributed by atoms with Gasteiger partial charge in [-0.25, -0.2) is 14.6 Å². The van der Waals surface area contributed by atoms with E-state index in [1.165, 1.54) is 11.1 Å². The third kappa shape index (κ3) is 3.93. The summed E-state index contributed by atoms with van der Waals surface area (Å²) in [5, 5.41) is 5.58. The highest BCUT2D eigenvalue weighted by atomic mass is 16.2. The van der Waals surface area contributed by atoms with Crippen LogP contribution in [-0.4, -0.2) is 56.7 Å². The number of aryl methyl sites for hydroxylation is 1. The van der Waals surface area contributed by atoms with E-state index in [0.717, 1.165) is 41.5 Å². The molecule has 7 nitrogen and oxygen atoms in total. The monoisotopic (exact) mass is 426 g/mol. The molecule has 1 fully saturated rings. The van der Waals surface area contributed by atoms with Gasteiger partial charge in [0.1, 0.15) is 11.6 Å². The maximum atomic E-state index is 11.8. The lowest BCUT2D eigenvalue weighted by atomic mass is 10.1. The SMILES string of the molecule is CC(=O)N1CCN(c2nc(Cc3ccc(C)cc3)nc3c2cnn3-c2ccccc2)CC1. The molecule has 4 aromatic rings. The van der Waals surface area contributed by atoms with Crippen molar-refractivity contribution in [3.63, 3.8) is 0 Å². The van der Waals surface area contributed by atoms with Gasteiger partial charge in [-0.2, -0.15) is 5.10 Å². The number of piperazine rings is 1. The van der Waals surface area contributed by atoms with E-state index in [1.54, 1.807) is 6.92 Å². The van der Waals surface area contributed by atoms with Crippen molar-refractivity contribution in [3.8, 4) is 5.69 Å². The lowest BCUT2D eigenvalue weighted by Crippen LogP contribution is -2.48. The minimum absolute atomic E-state index is 0.120. The van der Waals surface area contributed by atoms with E-state index in [0.29, 0.717) is 19.5 Å². The number of hydrogen-bond acceptors (Lipinski definition) is 5. The van der Waals surface area contributed by atoms with Crippen LogP contribution in [-0.2, 0) is 11.2 Å². The molecule has 1 aliphatic heterocycles. The Morgan fingerprint density at radius 3 is 2.34 bits per heavy atom. The Kier molecular flexibility index (Phi) is 5.31. The van der Waals surface area contributed by atoms with Crippen molar-refractivity contribution < 1.29 is 4.79 Å². The number of benzene rings is 2.